The SMILES string of the molecule is Cc1ccc([C@@H](CC(=O)O)NC(=O)c2ccc(S(=O)(=O)N3C[C@@H](C)O[C@@H](C)C3)cc2)cc1. The summed E-state index contributed by atoms with van der Waals surface area (Å²) < 4.78 is 32.9. The molecule has 1 fully saturated rings. The zero-order chi connectivity index (χ0) is 23.5. The first kappa shape index (κ1) is 23.9. The van der Waals surface area contributed by atoms with Gasteiger partial charge in [-0.2, -0.15) is 4.31 Å². The van der Waals surface area contributed by atoms with Crippen LogP contribution in [-0.4, -0.2) is 55.0 Å². The fourth-order valence-electron chi connectivity index (χ4n) is 3.72. The molecule has 1 aliphatic rings. The molecule has 0 unspecified atom stereocenters. The Morgan fingerprint density at radius 1 is 1.06 bits per heavy atom. The predicted octanol–water partition coefficient (Wildman–Crippen LogP) is 2.74. The number of hydrogen-bond donors (Lipinski definition) is 2. The molecule has 3 rings (SSSR count). The topological polar surface area (TPSA) is 113 Å². The van der Waals surface area contributed by atoms with Crippen molar-refractivity contribution in [2.75, 3.05) is 13.1 Å². The van der Waals surface area contributed by atoms with Crippen LogP contribution < -0.4 is 5.32 Å². The maximum Gasteiger partial charge on any atom is 0.305 e. The number of aryl methyl sites for hydroxylation is 1. The van der Waals surface area contributed by atoms with Crippen molar-refractivity contribution in [2.45, 2.75) is 50.3 Å². The van der Waals surface area contributed by atoms with Crippen LogP contribution in [0.1, 0.15) is 47.8 Å². The second-order valence-electron chi connectivity index (χ2n) is 8.14. The predicted molar refractivity (Wildman–Crippen MR) is 119 cm³/mol. The molecule has 172 valence electrons. The van der Waals surface area contributed by atoms with Gasteiger partial charge in [0, 0.05) is 18.7 Å². The Balaban J connectivity index is 1.76. The Labute approximate surface area is 188 Å². The van der Waals surface area contributed by atoms with Crippen LogP contribution in [0, 0.1) is 6.92 Å². The van der Waals surface area contributed by atoms with Crippen LogP contribution in [0.3, 0.4) is 0 Å². The Bertz CT molecular complexity index is 1060. The summed E-state index contributed by atoms with van der Waals surface area (Å²) in [6, 6.07) is 12.2. The van der Waals surface area contributed by atoms with Crippen LogP contribution >= 0.6 is 0 Å². The molecule has 0 spiro atoms. The lowest BCUT2D eigenvalue weighted by Crippen LogP contribution is -2.48. The number of ether oxygens (including phenoxy) is 1. The Kier molecular flexibility index (Phi) is 7.33. The highest BCUT2D eigenvalue weighted by atomic mass is 32.2. The van der Waals surface area contributed by atoms with Crippen LogP contribution in [0.5, 0.6) is 0 Å². The van der Waals surface area contributed by atoms with Gasteiger partial charge in [0.25, 0.3) is 5.91 Å². The number of aliphatic carboxylic acids is 1. The van der Waals surface area contributed by atoms with E-state index in [2.05, 4.69) is 5.32 Å². The molecule has 2 aromatic rings. The average molecular weight is 461 g/mol. The summed E-state index contributed by atoms with van der Waals surface area (Å²) >= 11 is 0. The first-order valence-electron chi connectivity index (χ1n) is 10.4. The van der Waals surface area contributed by atoms with Gasteiger partial charge in [-0.25, -0.2) is 8.42 Å². The molecule has 0 radical (unpaired) electrons. The standard InChI is InChI=1S/C23H28N2O6S/c1-15-4-6-18(7-5-15)21(12-22(26)27)24-23(28)19-8-10-20(11-9-19)32(29,30)25-13-16(2)31-17(3)14-25/h4-11,16-17,21H,12-14H2,1-3H3,(H,24,28)(H,26,27)/t16-,17+,21-/m1/s1. The molecule has 2 N–H and O–H groups in total. The first-order valence-corrected chi connectivity index (χ1v) is 11.8. The maximum atomic E-state index is 13.0. The number of sulfonamides is 1. The lowest BCUT2D eigenvalue weighted by atomic mass is 10.0. The van der Waals surface area contributed by atoms with Crippen LogP contribution in [0.2, 0.25) is 0 Å². The molecular formula is C23H28N2O6S. The molecule has 0 bridgehead atoms. The molecule has 0 saturated carbocycles. The third-order valence-electron chi connectivity index (χ3n) is 5.30. The van der Waals surface area contributed by atoms with Gasteiger partial charge < -0.3 is 15.2 Å². The minimum absolute atomic E-state index is 0.0935. The van der Waals surface area contributed by atoms with Gasteiger partial charge in [-0.3, -0.25) is 9.59 Å². The number of morpholine rings is 1. The second-order valence-corrected chi connectivity index (χ2v) is 10.1. The van der Waals surface area contributed by atoms with Crippen LogP contribution in [0.15, 0.2) is 53.4 Å². The Morgan fingerprint density at radius 3 is 2.16 bits per heavy atom. The van der Waals surface area contributed by atoms with E-state index in [1.807, 2.05) is 32.9 Å². The summed E-state index contributed by atoms with van der Waals surface area (Å²) in [5, 5.41) is 12.0. The van der Waals surface area contributed by atoms with Crippen molar-refractivity contribution in [3.8, 4) is 0 Å². The van der Waals surface area contributed by atoms with E-state index in [0.29, 0.717) is 5.56 Å². The fraction of sp³-hybridized carbons (Fsp3) is 0.391. The molecule has 1 heterocycles. The van der Waals surface area contributed by atoms with Gasteiger partial charge in [-0.05, 0) is 50.6 Å². The molecule has 9 heteroatoms. The molecule has 1 amide bonds. The number of nitrogens with one attached hydrogen (secondary N) is 1. The number of carboxylic acid groups (broad SMARTS) is 1. The van der Waals surface area contributed by atoms with E-state index in [0.717, 1.165) is 5.56 Å². The fourth-order valence-corrected chi connectivity index (χ4v) is 5.31. The van der Waals surface area contributed by atoms with Gasteiger partial charge >= 0.3 is 5.97 Å². The van der Waals surface area contributed by atoms with Crippen molar-refractivity contribution in [2.24, 2.45) is 0 Å². The number of hydrogen-bond acceptors (Lipinski definition) is 5. The number of carbonyl (C=O) groups is 2. The third-order valence-corrected chi connectivity index (χ3v) is 7.15. The van der Waals surface area contributed by atoms with E-state index in [1.54, 1.807) is 12.1 Å². The van der Waals surface area contributed by atoms with Crippen LogP contribution in [0.4, 0.5) is 0 Å². The highest BCUT2D eigenvalue weighted by Gasteiger charge is 2.32. The van der Waals surface area contributed by atoms with E-state index in [1.165, 1.54) is 28.6 Å². The first-order chi connectivity index (χ1) is 15.1. The minimum atomic E-state index is -3.71. The number of amides is 1. The molecule has 3 atom stereocenters. The van der Waals surface area contributed by atoms with E-state index >= 15 is 0 Å². The number of nitrogens with zero attached hydrogens (tertiary/aromatic N) is 1. The van der Waals surface area contributed by atoms with Gasteiger partial charge in [0.1, 0.15) is 0 Å². The molecule has 32 heavy (non-hydrogen) atoms. The summed E-state index contributed by atoms with van der Waals surface area (Å²) in [7, 11) is -3.71. The number of carboxylic acids is 1. The summed E-state index contributed by atoms with van der Waals surface area (Å²) in [4.78, 5) is 24.1. The van der Waals surface area contributed by atoms with E-state index in [-0.39, 0.29) is 42.2 Å². The Morgan fingerprint density at radius 2 is 1.62 bits per heavy atom. The molecule has 1 aliphatic heterocycles. The molecule has 1 saturated heterocycles. The molecule has 2 aromatic carbocycles. The zero-order valence-electron chi connectivity index (χ0n) is 18.3. The van der Waals surface area contributed by atoms with Gasteiger partial charge in [0.15, 0.2) is 0 Å². The van der Waals surface area contributed by atoms with Crippen molar-refractivity contribution < 1.29 is 27.9 Å². The van der Waals surface area contributed by atoms with Crippen molar-refractivity contribution in [1.29, 1.82) is 0 Å². The van der Waals surface area contributed by atoms with Crippen molar-refractivity contribution >= 4 is 21.9 Å². The number of benzene rings is 2. The second kappa shape index (κ2) is 9.81. The maximum absolute atomic E-state index is 13.0. The smallest absolute Gasteiger partial charge is 0.305 e. The van der Waals surface area contributed by atoms with E-state index in [9.17, 15) is 23.1 Å². The van der Waals surface area contributed by atoms with Gasteiger partial charge in [-0.1, -0.05) is 29.8 Å². The van der Waals surface area contributed by atoms with Gasteiger partial charge in [-0.15, -0.1) is 0 Å². The quantitative estimate of drug-likeness (QED) is 0.657. The summed E-state index contributed by atoms with van der Waals surface area (Å²) in [6.07, 6.45) is -0.674. The molecule has 0 aromatic heterocycles. The lowest BCUT2D eigenvalue weighted by molar-refractivity contribution is -0.137. The monoisotopic (exact) mass is 460 g/mol. The van der Waals surface area contributed by atoms with Crippen molar-refractivity contribution in [3.63, 3.8) is 0 Å². The van der Waals surface area contributed by atoms with Crippen LogP contribution in [-0.2, 0) is 19.6 Å². The van der Waals surface area contributed by atoms with Gasteiger partial charge in [0.2, 0.25) is 10.0 Å². The number of carbonyl (C=O) groups excluding carboxylic acids is 1. The highest BCUT2D eigenvalue weighted by Crippen LogP contribution is 2.22. The molecule has 0 aliphatic carbocycles. The summed E-state index contributed by atoms with van der Waals surface area (Å²) in [5.74, 6) is -1.51. The van der Waals surface area contributed by atoms with Crippen molar-refractivity contribution in [1.82, 2.24) is 9.62 Å². The molecular weight excluding hydrogens is 432 g/mol. The van der Waals surface area contributed by atoms with Gasteiger partial charge in [0.05, 0.1) is 29.6 Å². The Hall–Kier alpha value is -2.75. The highest BCUT2D eigenvalue weighted by molar-refractivity contribution is 7.89. The normalized spacial score (nSPS) is 20.5. The van der Waals surface area contributed by atoms with Crippen molar-refractivity contribution in [3.05, 3.63) is 65.2 Å². The lowest BCUT2D eigenvalue weighted by Gasteiger charge is -2.34. The minimum Gasteiger partial charge on any atom is -0.481 e. The zero-order valence-corrected chi connectivity index (χ0v) is 19.1. The van der Waals surface area contributed by atoms with E-state index < -0.39 is 27.9 Å². The largest absolute Gasteiger partial charge is 0.481 e. The summed E-state index contributed by atoms with van der Waals surface area (Å²) in [6.45, 7) is 6.10. The third kappa shape index (κ3) is 5.73. The number of rotatable bonds is 7. The summed E-state index contributed by atoms with van der Waals surface area (Å²) in [5.41, 5.74) is 1.95. The van der Waals surface area contributed by atoms with E-state index in [4.69, 9.17) is 4.74 Å². The molecule has 8 nitrogen and oxygen atoms in total. The van der Waals surface area contributed by atoms with Crippen LogP contribution in [0.25, 0.3) is 0 Å². The average Bonchev–Trinajstić information content (AvgIpc) is 2.73.